The van der Waals surface area contributed by atoms with Gasteiger partial charge < -0.3 is 10.0 Å². The third kappa shape index (κ3) is 3.83. The molecule has 2 N–H and O–H groups in total. The van der Waals surface area contributed by atoms with Crippen molar-refractivity contribution in [3.63, 3.8) is 0 Å². The van der Waals surface area contributed by atoms with Gasteiger partial charge >= 0.3 is 7.12 Å². The fraction of sp³-hybridized carbons (Fsp3) is 0.684. The van der Waals surface area contributed by atoms with Crippen LogP contribution in [-0.4, -0.2) is 17.2 Å². The molecule has 5 heteroatoms. The number of halogens is 2. The van der Waals surface area contributed by atoms with Crippen molar-refractivity contribution in [2.45, 2.75) is 64.2 Å². The highest BCUT2D eigenvalue weighted by Gasteiger charge is 2.31. The zero-order valence-electron chi connectivity index (χ0n) is 14.3. The first-order valence-electron chi connectivity index (χ1n) is 9.30. The highest BCUT2D eigenvalue weighted by atomic mass is 19.1. The molecule has 2 aliphatic carbocycles. The molecular weight excluding hydrogens is 309 g/mol. The van der Waals surface area contributed by atoms with Gasteiger partial charge in [0.1, 0.15) is 11.6 Å². The molecule has 1 aromatic carbocycles. The predicted molar refractivity (Wildman–Crippen MR) is 92.0 cm³/mol. The zero-order valence-corrected chi connectivity index (χ0v) is 14.3. The maximum absolute atomic E-state index is 14.0. The van der Waals surface area contributed by atoms with Crippen molar-refractivity contribution >= 4 is 12.6 Å². The summed E-state index contributed by atoms with van der Waals surface area (Å²) in [5.74, 6) is 0.929. The van der Waals surface area contributed by atoms with Crippen molar-refractivity contribution in [2.75, 3.05) is 0 Å². The molecule has 0 amide bonds. The molecule has 0 unspecified atom stereocenters. The molecule has 0 spiro atoms. The van der Waals surface area contributed by atoms with Crippen LogP contribution in [0, 0.1) is 29.4 Å². The Balaban J connectivity index is 1.62. The molecule has 2 saturated carbocycles. The van der Waals surface area contributed by atoms with Crippen LogP contribution in [0.2, 0.25) is 0 Å². The van der Waals surface area contributed by atoms with Crippen LogP contribution in [0.5, 0.6) is 0 Å². The average molecular weight is 336 g/mol. The summed E-state index contributed by atoms with van der Waals surface area (Å²) >= 11 is 0. The summed E-state index contributed by atoms with van der Waals surface area (Å²) in [6.45, 7) is 2.34. The Morgan fingerprint density at radius 1 is 0.833 bits per heavy atom. The summed E-state index contributed by atoms with van der Waals surface area (Å²) in [7, 11) is -2.11. The lowest BCUT2D eigenvalue weighted by Gasteiger charge is -2.37. The highest BCUT2D eigenvalue weighted by Crippen LogP contribution is 2.43. The van der Waals surface area contributed by atoms with E-state index in [2.05, 4.69) is 6.92 Å². The van der Waals surface area contributed by atoms with Gasteiger partial charge in [0.15, 0.2) is 0 Å². The largest absolute Gasteiger partial charge is 0.494 e. The molecule has 3 rings (SSSR count). The molecule has 24 heavy (non-hydrogen) atoms. The van der Waals surface area contributed by atoms with E-state index in [4.69, 9.17) is 10.0 Å². The van der Waals surface area contributed by atoms with Gasteiger partial charge in [-0.1, -0.05) is 19.8 Å². The molecule has 0 atom stereocenters. The number of rotatable bonds is 3. The molecule has 0 aromatic heterocycles. The Bertz CT molecular complexity index is 539. The maximum atomic E-state index is 14.0. The van der Waals surface area contributed by atoms with Crippen LogP contribution in [0.15, 0.2) is 12.1 Å². The fourth-order valence-corrected chi connectivity index (χ4v) is 4.77. The Morgan fingerprint density at radius 3 is 1.75 bits per heavy atom. The van der Waals surface area contributed by atoms with Crippen molar-refractivity contribution in [3.8, 4) is 0 Å². The number of hydrogen-bond donors (Lipinski definition) is 2. The van der Waals surface area contributed by atoms with Gasteiger partial charge in [0.2, 0.25) is 0 Å². The topological polar surface area (TPSA) is 40.5 Å². The molecule has 2 fully saturated rings. The zero-order chi connectivity index (χ0) is 17.3. The van der Waals surface area contributed by atoms with E-state index >= 15 is 0 Å². The van der Waals surface area contributed by atoms with Gasteiger partial charge in [0.25, 0.3) is 0 Å². The van der Waals surface area contributed by atoms with E-state index in [9.17, 15) is 8.78 Å². The molecular formula is C19H27BF2O2. The van der Waals surface area contributed by atoms with E-state index in [0.717, 1.165) is 43.4 Å². The van der Waals surface area contributed by atoms with Crippen LogP contribution in [0.1, 0.15) is 69.8 Å². The number of benzene rings is 1. The lowest BCUT2D eigenvalue weighted by molar-refractivity contribution is 0.165. The van der Waals surface area contributed by atoms with E-state index in [1.807, 2.05) is 0 Å². The van der Waals surface area contributed by atoms with Gasteiger partial charge in [-0.3, -0.25) is 0 Å². The van der Waals surface area contributed by atoms with Crippen LogP contribution in [0.4, 0.5) is 8.78 Å². The van der Waals surface area contributed by atoms with E-state index in [1.54, 1.807) is 0 Å². The van der Waals surface area contributed by atoms with E-state index in [0.29, 0.717) is 5.56 Å². The molecule has 0 radical (unpaired) electrons. The first kappa shape index (κ1) is 17.9. The fourth-order valence-electron chi connectivity index (χ4n) is 4.77. The summed E-state index contributed by atoms with van der Waals surface area (Å²) in [5.41, 5.74) is 0.00822. The minimum Gasteiger partial charge on any atom is -0.423 e. The Morgan fingerprint density at radius 2 is 1.29 bits per heavy atom. The smallest absolute Gasteiger partial charge is 0.423 e. The first-order chi connectivity index (χ1) is 11.5. The summed E-state index contributed by atoms with van der Waals surface area (Å²) < 4.78 is 27.9. The molecule has 0 heterocycles. The summed E-state index contributed by atoms with van der Waals surface area (Å²) in [6.07, 6.45) is 9.56. The standard InChI is InChI=1S/C19H27BF2O2/c1-12-2-4-13(5-3-12)14-6-8-15(9-7-14)16-10-17(21)19(20(23)24)18(22)11-16/h10-15,23-24H,2-9H2,1H3. The van der Waals surface area contributed by atoms with Crippen LogP contribution in [0.25, 0.3) is 0 Å². The van der Waals surface area contributed by atoms with Crippen molar-refractivity contribution in [3.05, 3.63) is 29.3 Å². The normalized spacial score (nSPS) is 31.0. The quantitative estimate of drug-likeness (QED) is 0.826. The minimum atomic E-state index is -2.11. The van der Waals surface area contributed by atoms with Crippen molar-refractivity contribution in [1.29, 1.82) is 0 Å². The van der Waals surface area contributed by atoms with Crippen LogP contribution in [-0.2, 0) is 0 Å². The molecule has 0 aliphatic heterocycles. The van der Waals surface area contributed by atoms with Gasteiger partial charge in [-0.25, -0.2) is 8.78 Å². The van der Waals surface area contributed by atoms with Crippen LogP contribution in [0.3, 0.4) is 0 Å². The summed E-state index contributed by atoms with van der Waals surface area (Å²) in [6, 6.07) is 2.57. The predicted octanol–water partition coefficient (Wildman–Crippen LogP) is 3.74. The second kappa shape index (κ2) is 7.53. The lowest BCUT2D eigenvalue weighted by Crippen LogP contribution is -2.36. The monoisotopic (exact) mass is 336 g/mol. The van der Waals surface area contributed by atoms with Crippen LogP contribution >= 0.6 is 0 Å². The molecule has 0 saturated heterocycles. The van der Waals surface area contributed by atoms with E-state index < -0.39 is 24.2 Å². The van der Waals surface area contributed by atoms with E-state index in [-0.39, 0.29) is 5.92 Å². The molecule has 2 nitrogen and oxygen atoms in total. The van der Waals surface area contributed by atoms with Gasteiger partial charge in [-0.2, -0.15) is 0 Å². The Hall–Kier alpha value is -0.935. The second-order valence-corrected chi connectivity index (χ2v) is 7.90. The average Bonchev–Trinajstić information content (AvgIpc) is 2.54. The van der Waals surface area contributed by atoms with Gasteiger partial charge in [0.05, 0.1) is 5.46 Å². The van der Waals surface area contributed by atoms with Gasteiger partial charge in [-0.15, -0.1) is 0 Å². The van der Waals surface area contributed by atoms with Crippen LogP contribution < -0.4 is 5.46 Å². The summed E-state index contributed by atoms with van der Waals surface area (Å²) in [5, 5.41) is 18.1. The number of hydrogen-bond acceptors (Lipinski definition) is 2. The van der Waals surface area contributed by atoms with E-state index in [1.165, 1.54) is 37.8 Å². The SMILES string of the molecule is CC1CCC(C2CCC(c3cc(F)c(B(O)O)c(F)c3)CC2)CC1. The molecule has 132 valence electrons. The van der Waals surface area contributed by atoms with Gasteiger partial charge in [0, 0.05) is 0 Å². The first-order valence-corrected chi connectivity index (χ1v) is 9.30. The van der Waals surface area contributed by atoms with Gasteiger partial charge in [-0.05, 0) is 79.9 Å². The highest BCUT2D eigenvalue weighted by molar-refractivity contribution is 6.58. The van der Waals surface area contributed by atoms with Crippen molar-refractivity contribution in [1.82, 2.24) is 0 Å². The lowest BCUT2D eigenvalue weighted by atomic mass is 9.68. The second-order valence-electron chi connectivity index (χ2n) is 7.90. The molecule has 2 aliphatic rings. The Labute approximate surface area is 143 Å². The third-order valence-corrected chi connectivity index (χ3v) is 6.33. The minimum absolute atomic E-state index is 0.178. The summed E-state index contributed by atoms with van der Waals surface area (Å²) in [4.78, 5) is 0. The Kier molecular flexibility index (Phi) is 5.61. The van der Waals surface area contributed by atoms with Crippen molar-refractivity contribution in [2.24, 2.45) is 17.8 Å². The maximum Gasteiger partial charge on any atom is 0.494 e. The van der Waals surface area contributed by atoms with Crippen molar-refractivity contribution < 1.29 is 18.8 Å². The molecule has 1 aromatic rings. The molecule has 0 bridgehead atoms. The third-order valence-electron chi connectivity index (χ3n) is 6.33.